The molecule has 9 heteroatoms. The van der Waals surface area contributed by atoms with E-state index < -0.39 is 28.8 Å². The lowest BCUT2D eigenvalue weighted by Gasteiger charge is -2.08. The van der Waals surface area contributed by atoms with Gasteiger partial charge in [0.05, 0.1) is 15.8 Å². The molecular weight excluding hydrogens is 443 g/mol. The van der Waals surface area contributed by atoms with Crippen LogP contribution < -0.4 is 5.32 Å². The molecule has 2 aromatic rings. The van der Waals surface area contributed by atoms with Gasteiger partial charge in [0.1, 0.15) is 11.6 Å². The Bertz CT molecular complexity index is 883. The summed E-state index contributed by atoms with van der Waals surface area (Å²) in [6.07, 6.45) is -0.0127. The molecule has 1 heterocycles. The molecule has 164 valence electrons. The van der Waals surface area contributed by atoms with Gasteiger partial charge < -0.3 is 5.32 Å². The second-order valence-electron chi connectivity index (χ2n) is 5.70. The summed E-state index contributed by atoms with van der Waals surface area (Å²) in [6, 6.07) is 3.59. The van der Waals surface area contributed by atoms with Crippen molar-refractivity contribution in [3.05, 3.63) is 76.9 Å². The van der Waals surface area contributed by atoms with E-state index in [4.69, 9.17) is 11.6 Å². The zero-order chi connectivity index (χ0) is 22.9. The van der Waals surface area contributed by atoms with Crippen molar-refractivity contribution in [1.82, 2.24) is 4.98 Å². The molecule has 0 radical (unpaired) electrons. The number of halogens is 6. The van der Waals surface area contributed by atoms with Crippen molar-refractivity contribution in [3.63, 3.8) is 0 Å². The molecule has 0 saturated carbocycles. The Morgan fingerprint density at radius 1 is 1.23 bits per heavy atom. The number of alkyl halides is 4. The maximum atomic E-state index is 13.6. The summed E-state index contributed by atoms with van der Waals surface area (Å²) in [4.78, 5) is 4.76. The second kappa shape index (κ2) is 11.9. The van der Waals surface area contributed by atoms with Crippen LogP contribution in [-0.2, 0) is 6.54 Å². The lowest BCUT2D eigenvalue weighted by molar-refractivity contribution is -0.0883. The van der Waals surface area contributed by atoms with Gasteiger partial charge in [0, 0.05) is 18.3 Å². The van der Waals surface area contributed by atoms with Gasteiger partial charge in [-0.25, -0.2) is 13.8 Å². The summed E-state index contributed by atoms with van der Waals surface area (Å²) in [5.74, 6) is -1.33. The van der Waals surface area contributed by atoms with Gasteiger partial charge in [-0.05, 0) is 24.6 Å². The lowest BCUT2D eigenvalue weighted by Crippen LogP contribution is -2.11. The van der Waals surface area contributed by atoms with Crippen molar-refractivity contribution < 1.29 is 22.0 Å². The Kier molecular flexibility index (Phi) is 10.2. The van der Waals surface area contributed by atoms with Crippen LogP contribution in [0.25, 0.3) is 5.57 Å². The number of nitrogens with zero attached hydrogens (tertiary/aromatic N) is 1. The molecule has 1 aromatic carbocycles. The first kappa shape index (κ1) is 25.8. The van der Waals surface area contributed by atoms with E-state index in [1.807, 2.05) is 13.8 Å². The maximum absolute atomic E-state index is 13.6. The van der Waals surface area contributed by atoms with E-state index in [1.54, 1.807) is 6.92 Å². The number of benzene rings is 1. The molecule has 0 spiro atoms. The fraction of sp³-hybridized carbons (Fsp3) is 0.286. The Balaban J connectivity index is 0.00000218. The van der Waals surface area contributed by atoms with Crippen LogP contribution in [-0.4, -0.2) is 16.5 Å². The molecule has 1 aromatic heterocycles. The number of anilines is 1. The highest BCUT2D eigenvalue weighted by atomic mass is 35.5. The van der Waals surface area contributed by atoms with E-state index in [0.29, 0.717) is 21.7 Å². The SMILES string of the molecule is C=C/C(=C\C(Cl)C=C(C)c1cnc(NCc2c(F)cccc2F)s1)C(F)(F)F.CC. The molecule has 2 nitrogen and oxygen atoms in total. The first-order valence-electron chi connectivity index (χ1n) is 8.98. The minimum atomic E-state index is -4.53. The van der Waals surface area contributed by atoms with E-state index in [-0.39, 0.29) is 12.1 Å². The van der Waals surface area contributed by atoms with Gasteiger partial charge in [-0.3, -0.25) is 0 Å². The van der Waals surface area contributed by atoms with Gasteiger partial charge in [0.15, 0.2) is 5.13 Å². The summed E-state index contributed by atoms with van der Waals surface area (Å²) >= 11 is 7.16. The highest BCUT2D eigenvalue weighted by Crippen LogP contribution is 2.30. The zero-order valence-corrected chi connectivity index (χ0v) is 18.2. The molecule has 0 aliphatic rings. The third kappa shape index (κ3) is 7.57. The first-order chi connectivity index (χ1) is 14.1. The minimum Gasteiger partial charge on any atom is -0.357 e. The maximum Gasteiger partial charge on any atom is 0.416 e. The van der Waals surface area contributed by atoms with Gasteiger partial charge in [0.25, 0.3) is 0 Å². The summed E-state index contributed by atoms with van der Waals surface area (Å²) in [5, 5.41) is 2.24. The molecule has 1 N–H and O–H groups in total. The number of hydrogen-bond acceptors (Lipinski definition) is 3. The summed E-state index contributed by atoms with van der Waals surface area (Å²) in [7, 11) is 0. The number of rotatable bonds is 7. The lowest BCUT2D eigenvalue weighted by atomic mass is 10.1. The topological polar surface area (TPSA) is 24.9 Å². The van der Waals surface area contributed by atoms with Gasteiger partial charge in [-0.2, -0.15) is 13.2 Å². The smallest absolute Gasteiger partial charge is 0.357 e. The van der Waals surface area contributed by atoms with E-state index in [1.165, 1.54) is 29.7 Å². The van der Waals surface area contributed by atoms with E-state index in [2.05, 4.69) is 16.9 Å². The van der Waals surface area contributed by atoms with Gasteiger partial charge >= 0.3 is 6.18 Å². The second-order valence-corrected chi connectivity index (χ2v) is 7.24. The highest BCUT2D eigenvalue weighted by molar-refractivity contribution is 7.16. The molecule has 0 saturated heterocycles. The number of nitrogens with one attached hydrogen (secondary N) is 1. The molecule has 0 amide bonds. The molecule has 1 unspecified atom stereocenters. The summed E-state index contributed by atoms with van der Waals surface area (Å²) < 4.78 is 65.5. The Labute approximate surface area is 181 Å². The molecule has 0 fully saturated rings. The monoisotopic (exact) mass is 464 g/mol. The third-order valence-electron chi connectivity index (χ3n) is 3.67. The van der Waals surface area contributed by atoms with E-state index in [9.17, 15) is 22.0 Å². The third-order valence-corrected chi connectivity index (χ3v) is 5.01. The molecule has 2 rings (SSSR count). The molecule has 0 bridgehead atoms. The predicted octanol–water partition coefficient (Wildman–Crippen LogP) is 7.75. The quantitative estimate of drug-likeness (QED) is 0.257. The molecule has 0 aliphatic heterocycles. The van der Waals surface area contributed by atoms with Crippen molar-refractivity contribution in [3.8, 4) is 0 Å². The predicted molar refractivity (Wildman–Crippen MR) is 115 cm³/mol. The van der Waals surface area contributed by atoms with Crippen LogP contribution in [0.1, 0.15) is 31.2 Å². The molecular formula is C21H22ClF5N2S. The molecule has 1 atom stereocenters. The minimum absolute atomic E-state index is 0.0939. The molecule has 30 heavy (non-hydrogen) atoms. The van der Waals surface area contributed by atoms with Crippen LogP contribution in [0.15, 0.2) is 54.8 Å². The highest BCUT2D eigenvalue weighted by Gasteiger charge is 2.31. The van der Waals surface area contributed by atoms with Crippen molar-refractivity contribution >= 4 is 33.6 Å². The fourth-order valence-electron chi connectivity index (χ4n) is 2.22. The van der Waals surface area contributed by atoms with Crippen molar-refractivity contribution in [2.24, 2.45) is 0 Å². The number of aromatic nitrogens is 1. The average Bonchev–Trinajstić information content (AvgIpc) is 3.15. The van der Waals surface area contributed by atoms with Gasteiger partial charge in [0.2, 0.25) is 0 Å². The average molecular weight is 465 g/mol. The normalized spacial score (nSPS) is 13.4. The van der Waals surface area contributed by atoms with Crippen LogP contribution in [0.5, 0.6) is 0 Å². The van der Waals surface area contributed by atoms with Crippen LogP contribution in [0.4, 0.5) is 27.1 Å². The van der Waals surface area contributed by atoms with Crippen molar-refractivity contribution in [2.45, 2.75) is 38.9 Å². The summed E-state index contributed by atoms with van der Waals surface area (Å²) in [6.45, 7) is 8.73. The van der Waals surface area contributed by atoms with Gasteiger partial charge in [-0.15, -0.1) is 11.6 Å². The fourth-order valence-corrected chi connectivity index (χ4v) is 3.34. The Morgan fingerprint density at radius 3 is 2.37 bits per heavy atom. The zero-order valence-electron chi connectivity index (χ0n) is 16.7. The van der Waals surface area contributed by atoms with E-state index in [0.717, 1.165) is 18.2 Å². The van der Waals surface area contributed by atoms with Crippen LogP contribution in [0.2, 0.25) is 0 Å². The number of thiazole rings is 1. The summed E-state index contributed by atoms with van der Waals surface area (Å²) in [5.41, 5.74) is -0.416. The van der Waals surface area contributed by atoms with Crippen molar-refractivity contribution in [1.29, 1.82) is 0 Å². The van der Waals surface area contributed by atoms with Crippen LogP contribution in [0, 0.1) is 11.6 Å². The first-order valence-corrected chi connectivity index (χ1v) is 10.2. The largest absolute Gasteiger partial charge is 0.416 e. The standard InChI is InChI=1S/C19H16ClF5N2S.C2H6/c1-3-12(19(23,24)25)8-13(20)7-11(2)17-10-27-18(28-17)26-9-14-15(21)5-4-6-16(14)22;1-2/h3-8,10,13H,1,9H2,2H3,(H,26,27);1-2H3/b11-7?,12-8+;. The van der Waals surface area contributed by atoms with E-state index >= 15 is 0 Å². The van der Waals surface area contributed by atoms with Crippen molar-refractivity contribution in [2.75, 3.05) is 5.32 Å². The Morgan fingerprint density at radius 2 is 1.83 bits per heavy atom. The Hall–Kier alpha value is -2.19. The van der Waals surface area contributed by atoms with Crippen LogP contribution >= 0.6 is 22.9 Å². The number of hydrogen-bond donors (Lipinski definition) is 1. The molecule has 0 aliphatic carbocycles. The van der Waals surface area contributed by atoms with Crippen LogP contribution in [0.3, 0.4) is 0 Å². The number of allylic oxidation sites excluding steroid dienone is 5. The van der Waals surface area contributed by atoms with Gasteiger partial charge in [-0.1, -0.05) is 56.1 Å².